The van der Waals surface area contributed by atoms with Crippen molar-refractivity contribution < 1.29 is 14.3 Å². The normalized spacial score (nSPS) is 20.0. The molecule has 184 valence electrons. The Balaban J connectivity index is 1.60. The SMILES string of the molecule is CCOC(=O)c1c(NC(=O)[C@H](NC2CCCCCCC2)c2ccccc2)sc2c1CC[C@@H](C)C2. The quantitative estimate of drug-likeness (QED) is 0.446. The number of carbonyl (C=O) groups is 2. The van der Waals surface area contributed by atoms with E-state index in [0.717, 1.165) is 43.2 Å². The first-order valence-electron chi connectivity index (χ1n) is 13.0. The smallest absolute Gasteiger partial charge is 0.341 e. The monoisotopic (exact) mass is 482 g/mol. The van der Waals surface area contributed by atoms with Gasteiger partial charge in [-0.05, 0) is 56.1 Å². The number of thiophene rings is 1. The van der Waals surface area contributed by atoms with E-state index >= 15 is 0 Å². The van der Waals surface area contributed by atoms with Crippen molar-refractivity contribution in [2.45, 2.75) is 90.1 Å². The number of ether oxygens (including phenoxy) is 1. The topological polar surface area (TPSA) is 67.4 Å². The van der Waals surface area contributed by atoms with E-state index in [2.05, 4.69) is 17.6 Å². The first-order valence-corrected chi connectivity index (χ1v) is 13.8. The second-order valence-corrected chi connectivity index (χ2v) is 10.9. The van der Waals surface area contributed by atoms with Crippen LogP contribution in [0.3, 0.4) is 0 Å². The Morgan fingerprint density at radius 2 is 1.76 bits per heavy atom. The molecule has 34 heavy (non-hydrogen) atoms. The van der Waals surface area contributed by atoms with E-state index in [-0.39, 0.29) is 11.9 Å². The molecule has 0 saturated heterocycles. The van der Waals surface area contributed by atoms with Crippen LogP contribution in [0.2, 0.25) is 0 Å². The zero-order valence-electron chi connectivity index (χ0n) is 20.5. The molecule has 2 aliphatic carbocycles. The van der Waals surface area contributed by atoms with Crippen LogP contribution >= 0.6 is 11.3 Å². The van der Waals surface area contributed by atoms with Crippen molar-refractivity contribution in [3.05, 3.63) is 51.9 Å². The van der Waals surface area contributed by atoms with Crippen LogP contribution < -0.4 is 10.6 Å². The Hall–Kier alpha value is -2.18. The van der Waals surface area contributed by atoms with Gasteiger partial charge in [-0.2, -0.15) is 0 Å². The largest absolute Gasteiger partial charge is 0.462 e. The molecule has 0 bridgehead atoms. The fraction of sp³-hybridized carbons (Fsp3) is 0.571. The fourth-order valence-corrected chi connectivity index (χ4v) is 6.67. The van der Waals surface area contributed by atoms with Gasteiger partial charge in [-0.25, -0.2) is 4.79 Å². The minimum atomic E-state index is -0.460. The summed E-state index contributed by atoms with van der Waals surface area (Å²) in [6.45, 7) is 4.39. The predicted octanol–water partition coefficient (Wildman–Crippen LogP) is 6.43. The van der Waals surface area contributed by atoms with Gasteiger partial charge in [0.1, 0.15) is 11.0 Å². The highest BCUT2D eigenvalue weighted by atomic mass is 32.1. The summed E-state index contributed by atoms with van der Waals surface area (Å²) in [7, 11) is 0. The van der Waals surface area contributed by atoms with Crippen LogP contribution in [0.25, 0.3) is 0 Å². The summed E-state index contributed by atoms with van der Waals surface area (Å²) < 4.78 is 5.39. The molecule has 1 aromatic carbocycles. The Bertz CT molecular complexity index is 964. The summed E-state index contributed by atoms with van der Waals surface area (Å²) in [5.41, 5.74) is 2.59. The zero-order chi connectivity index (χ0) is 23.9. The molecule has 0 unspecified atom stereocenters. The fourth-order valence-electron chi connectivity index (χ4n) is 5.27. The van der Waals surface area contributed by atoms with Gasteiger partial charge in [0, 0.05) is 10.9 Å². The highest BCUT2D eigenvalue weighted by molar-refractivity contribution is 7.17. The molecule has 4 rings (SSSR count). The summed E-state index contributed by atoms with van der Waals surface area (Å²) in [6.07, 6.45) is 11.3. The molecule has 0 aliphatic heterocycles. The van der Waals surface area contributed by atoms with Gasteiger partial charge in [-0.3, -0.25) is 10.1 Å². The lowest BCUT2D eigenvalue weighted by atomic mass is 9.88. The maximum atomic E-state index is 13.7. The first-order chi connectivity index (χ1) is 16.6. The van der Waals surface area contributed by atoms with Crippen molar-refractivity contribution in [1.29, 1.82) is 0 Å². The van der Waals surface area contributed by atoms with Crippen LogP contribution in [0.1, 0.15) is 97.6 Å². The lowest BCUT2D eigenvalue weighted by Crippen LogP contribution is -2.40. The van der Waals surface area contributed by atoms with Gasteiger partial charge < -0.3 is 10.1 Å². The number of benzene rings is 1. The van der Waals surface area contributed by atoms with Crippen molar-refractivity contribution in [3.8, 4) is 0 Å². The molecular weight excluding hydrogens is 444 g/mol. The van der Waals surface area contributed by atoms with E-state index in [1.165, 1.54) is 37.0 Å². The second kappa shape index (κ2) is 12.0. The van der Waals surface area contributed by atoms with Gasteiger partial charge in [0.2, 0.25) is 5.91 Å². The van der Waals surface area contributed by atoms with E-state index in [4.69, 9.17) is 4.74 Å². The van der Waals surface area contributed by atoms with Crippen LogP contribution in [-0.2, 0) is 22.4 Å². The van der Waals surface area contributed by atoms with E-state index in [1.54, 1.807) is 11.3 Å². The Labute approximate surface area is 207 Å². The van der Waals surface area contributed by atoms with Crippen LogP contribution in [0.5, 0.6) is 0 Å². The van der Waals surface area contributed by atoms with Gasteiger partial charge in [0.25, 0.3) is 0 Å². The Kier molecular flexibility index (Phi) is 8.79. The third-order valence-electron chi connectivity index (χ3n) is 7.13. The molecule has 2 aliphatic rings. The molecule has 1 heterocycles. The molecule has 2 atom stereocenters. The average molecular weight is 483 g/mol. The van der Waals surface area contributed by atoms with Crippen molar-refractivity contribution in [2.75, 3.05) is 11.9 Å². The molecular formula is C28H38N2O3S. The first kappa shape index (κ1) is 24.9. The summed E-state index contributed by atoms with van der Waals surface area (Å²) in [5.74, 6) is 0.155. The third-order valence-corrected chi connectivity index (χ3v) is 8.30. The molecule has 1 amide bonds. The van der Waals surface area contributed by atoms with E-state index in [1.807, 2.05) is 37.3 Å². The standard InChI is InChI=1S/C28H38N2O3S/c1-3-33-28(32)24-22-17-16-19(2)18-23(22)34-27(24)30-26(31)25(20-12-8-7-9-13-20)29-21-14-10-5-4-6-11-15-21/h7-9,12-13,19,21,25,29H,3-6,10-11,14-18H2,1-2H3,(H,30,31)/t19-,25-/m1/s1. The minimum Gasteiger partial charge on any atom is -0.462 e. The molecule has 0 spiro atoms. The maximum absolute atomic E-state index is 13.7. The van der Waals surface area contributed by atoms with Gasteiger partial charge in [0.05, 0.1) is 12.2 Å². The molecule has 6 heteroatoms. The van der Waals surface area contributed by atoms with Gasteiger partial charge in [-0.1, -0.05) is 69.4 Å². The van der Waals surface area contributed by atoms with Crippen molar-refractivity contribution in [2.24, 2.45) is 5.92 Å². The number of anilines is 1. The van der Waals surface area contributed by atoms with Crippen LogP contribution in [0, 0.1) is 5.92 Å². The molecule has 1 saturated carbocycles. The van der Waals surface area contributed by atoms with Crippen LogP contribution in [-0.4, -0.2) is 24.5 Å². The van der Waals surface area contributed by atoms with Crippen LogP contribution in [0.15, 0.2) is 30.3 Å². The second-order valence-electron chi connectivity index (χ2n) is 9.82. The summed E-state index contributed by atoms with van der Waals surface area (Å²) in [6, 6.07) is 9.80. The zero-order valence-corrected chi connectivity index (χ0v) is 21.3. The minimum absolute atomic E-state index is 0.106. The van der Waals surface area contributed by atoms with E-state index < -0.39 is 6.04 Å². The molecule has 0 radical (unpaired) electrons. The molecule has 2 aromatic rings. The molecule has 2 N–H and O–H groups in total. The Morgan fingerprint density at radius 3 is 2.47 bits per heavy atom. The average Bonchev–Trinajstić information content (AvgIpc) is 3.15. The molecule has 1 fully saturated rings. The van der Waals surface area contributed by atoms with E-state index in [9.17, 15) is 9.59 Å². The number of rotatable bonds is 7. The Morgan fingerprint density at radius 1 is 1.06 bits per heavy atom. The molecule has 5 nitrogen and oxygen atoms in total. The van der Waals surface area contributed by atoms with E-state index in [0.29, 0.717) is 29.1 Å². The summed E-state index contributed by atoms with van der Waals surface area (Å²) in [4.78, 5) is 27.8. The molecule has 1 aromatic heterocycles. The maximum Gasteiger partial charge on any atom is 0.341 e. The third kappa shape index (κ3) is 6.08. The lowest BCUT2D eigenvalue weighted by molar-refractivity contribution is -0.118. The highest BCUT2D eigenvalue weighted by Gasteiger charge is 2.31. The number of hydrogen-bond acceptors (Lipinski definition) is 5. The van der Waals surface area contributed by atoms with Gasteiger partial charge in [0.15, 0.2) is 0 Å². The van der Waals surface area contributed by atoms with Crippen molar-refractivity contribution in [1.82, 2.24) is 5.32 Å². The number of carbonyl (C=O) groups excluding carboxylic acids is 2. The summed E-state index contributed by atoms with van der Waals surface area (Å²) in [5, 5.41) is 7.47. The number of esters is 1. The predicted molar refractivity (Wildman–Crippen MR) is 139 cm³/mol. The highest BCUT2D eigenvalue weighted by Crippen LogP contribution is 2.40. The number of amides is 1. The number of fused-ring (bicyclic) bond motifs is 1. The van der Waals surface area contributed by atoms with Gasteiger partial charge >= 0.3 is 5.97 Å². The van der Waals surface area contributed by atoms with Crippen LogP contribution in [0.4, 0.5) is 5.00 Å². The van der Waals surface area contributed by atoms with Crippen molar-refractivity contribution >= 4 is 28.2 Å². The lowest BCUT2D eigenvalue weighted by Gasteiger charge is -2.27. The number of nitrogens with one attached hydrogen (secondary N) is 2. The van der Waals surface area contributed by atoms with Crippen molar-refractivity contribution in [3.63, 3.8) is 0 Å². The van der Waals surface area contributed by atoms with Gasteiger partial charge in [-0.15, -0.1) is 11.3 Å². The number of hydrogen-bond donors (Lipinski definition) is 2. The summed E-state index contributed by atoms with van der Waals surface area (Å²) >= 11 is 1.55.